The lowest BCUT2D eigenvalue weighted by atomic mass is 10.4. The molecule has 0 spiro atoms. The summed E-state index contributed by atoms with van der Waals surface area (Å²) in [7, 11) is 7.78. The summed E-state index contributed by atoms with van der Waals surface area (Å²) in [6, 6.07) is 4.28. The second-order valence-electron chi connectivity index (χ2n) is 5.29. The number of hydrogen-bond donors (Lipinski definition) is 2. The molecule has 0 bridgehead atoms. The molecule has 2 aromatic heterocycles. The first-order chi connectivity index (χ1) is 10.5. The smallest absolute Gasteiger partial charge is 0.204 e. The summed E-state index contributed by atoms with van der Waals surface area (Å²) >= 11 is 1.80. The Bertz CT molecular complexity index is 646. The summed E-state index contributed by atoms with van der Waals surface area (Å²) < 4.78 is 2.07. The minimum atomic E-state index is 0. The van der Waals surface area contributed by atoms with Gasteiger partial charge in [0.25, 0.3) is 0 Å². The van der Waals surface area contributed by atoms with E-state index in [9.17, 15) is 0 Å². The molecule has 2 aromatic rings. The van der Waals surface area contributed by atoms with Crippen LogP contribution in [0, 0.1) is 6.92 Å². The highest BCUT2D eigenvalue weighted by atomic mass is 127. The number of hydrogen-bond acceptors (Lipinski definition) is 4. The number of thiophene rings is 1. The molecule has 0 aromatic carbocycles. The van der Waals surface area contributed by atoms with Crippen molar-refractivity contribution < 1.29 is 0 Å². The van der Waals surface area contributed by atoms with Crippen LogP contribution in [0.1, 0.15) is 15.4 Å². The normalized spacial score (nSPS) is 11.1. The van der Waals surface area contributed by atoms with Crippen molar-refractivity contribution in [3.8, 4) is 0 Å². The molecule has 0 fully saturated rings. The number of imidazole rings is 1. The van der Waals surface area contributed by atoms with E-state index in [1.54, 1.807) is 18.4 Å². The van der Waals surface area contributed by atoms with Gasteiger partial charge in [-0.05, 0) is 19.1 Å². The van der Waals surface area contributed by atoms with Crippen LogP contribution in [0.15, 0.2) is 23.3 Å². The van der Waals surface area contributed by atoms with E-state index in [0.29, 0.717) is 6.54 Å². The van der Waals surface area contributed by atoms with Crippen LogP contribution in [0.5, 0.6) is 0 Å². The first kappa shape index (κ1) is 19.8. The van der Waals surface area contributed by atoms with Crippen molar-refractivity contribution in [3.05, 3.63) is 33.8 Å². The van der Waals surface area contributed by atoms with Crippen LogP contribution >= 0.6 is 35.3 Å². The van der Waals surface area contributed by atoms with Crippen molar-refractivity contribution in [3.63, 3.8) is 0 Å². The number of rotatable bonds is 5. The molecule has 2 N–H and O–H groups in total. The molecular formula is C15H25IN6S. The van der Waals surface area contributed by atoms with Gasteiger partial charge >= 0.3 is 0 Å². The molecule has 6 nitrogen and oxygen atoms in total. The standard InChI is InChI=1S/C15H24N6S.HI/c1-11-6-7-13(22-11)10-18-14(16-2)17-8-12-9-19-15(20(3)4)21(12)5;/h6-7,9H,8,10H2,1-5H3,(H2,16,17,18);1H. The van der Waals surface area contributed by atoms with Gasteiger partial charge in [0.1, 0.15) is 0 Å². The number of nitrogens with zero attached hydrogens (tertiary/aromatic N) is 4. The Balaban J connectivity index is 0.00000264. The maximum absolute atomic E-state index is 4.41. The third-order valence-electron chi connectivity index (χ3n) is 3.35. The minimum Gasteiger partial charge on any atom is -0.352 e. The molecule has 8 heteroatoms. The van der Waals surface area contributed by atoms with E-state index in [1.165, 1.54) is 9.75 Å². The summed E-state index contributed by atoms with van der Waals surface area (Å²) in [6.07, 6.45) is 1.89. The third-order valence-corrected chi connectivity index (χ3v) is 4.35. The van der Waals surface area contributed by atoms with E-state index in [-0.39, 0.29) is 24.0 Å². The lowest BCUT2D eigenvalue weighted by molar-refractivity contribution is 0.745. The fourth-order valence-corrected chi connectivity index (χ4v) is 2.99. The average Bonchev–Trinajstić information content (AvgIpc) is 3.05. The zero-order valence-corrected chi connectivity index (χ0v) is 17.4. The summed E-state index contributed by atoms with van der Waals surface area (Å²) in [5, 5.41) is 6.65. The van der Waals surface area contributed by atoms with Crippen molar-refractivity contribution in [1.29, 1.82) is 0 Å². The number of anilines is 1. The Morgan fingerprint density at radius 1 is 1.30 bits per heavy atom. The minimum absolute atomic E-state index is 0. The highest BCUT2D eigenvalue weighted by Gasteiger charge is 2.08. The van der Waals surface area contributed by atoms with Crippen molar-refractivity contribution in [2.45, 2.75) is 20.0 Å². The lowest BCUT2D eigenvalue weighted by Gasteiger charge is -2.14. The third kappa shape index (κ3) is 5.38. The fraction of sp³-hybridized carbons (Fsp3) is 0.467. The summed E-state index contributed by atoms with van der Waals surface area (Å²) in [5.74, 6) is 1.73. The molecule has 0 aliphatic rings. The molecule has 0 atom stereocenters. The zero-order valence-electron chi connectivity index (χ0n) is 14.3. The fourth-order valence-electron chi connectivity index (χ4n) is 2.16. The van der Waals surface area contributed by atoms with Gasteiger partial charge in [-0.25, -0.2) is 4.98 Å². The monoisotopic (exact) mass is 448 g/mol. The Morgan fingerprint density at radius 3 is 2.52 bits per heavy atom. The molecule has 23 heavy (non-hydrogen) atoms. The Kier molecular flexibility index (Phi) is 7.83. The van der Waals surface area contributed by atoms with E-state index < -0.39 is 0 Å². The van der Waals surface area contributed by atoms with E-state index in [4.69, 9.17) is 0 Å². The topological polar surface area (TPSA) is 57.5 Å². The average molecular weight is 448 g/mol. The van der Waals surface area contributed by atoms with Gasteiger partial charge in [0.15, 0.2) is 5.96 Å². The highest BCUT2D eigenvalue weighted by molar-refractivity contribution is 14.0. The number of nitrogens with one attached hydrogen (secondary N) is 2. The Morgan fingerprint density at radius 2 is 2.00 bits per heavy atom. The van der Waals surface area contributed by atoms with Gasteiger partial charge in [-0.1, -0.05) is 0 Å². The maximum Gasteiger partial charge on any atom is 0.204 e. The first-order valence-electron chi connectivity index (χ1n) is 7.19. The molecule has 0 amide bonds. The predicted molar refractivity (Wildman–Crippen MR) is 109 cm³/mol. The summed E-state index contributed by atoms with van der Waals surface area (Å²) in [5.41, 5.74) is 1.11. The van der Waals surface area contributed by atoms with E-state index in [2.05, 4.69) is 44.2 Å². The lowest BCUT2D eigenvalue weighted by Crippen LogP contribution is -2.36. The number of aliphatic imine (C=N–C) groups is 1. The van der Waals surface area contributed by atoms with Crippen LogP contribution in [-0.4, -0.2) is 36.7 Å². The molecule has 0 saturated carbocycles. The molecular weight excluding hydrogens is 423 g/mol. The van der Waals surface area contributed by atoms with Crippen molar-refractivity contribution in [2.75, 3.05) is 26.0 Å². The highest BCUT2D eigenvalue weighted by Crippen LogP contribution is 2.14. The van der Waals surface area contributed by atoms with Gasteiger partial charge < -0.3 is 20.1 Å². The molecule has 0 aliphatic heterocycles. The van der Waals surface area contributed by atoms with Crippen molar-refractivity contribution in [2.24, 2.45) is 12.0 Å². The Hall–Kier alpha value is -1.29. The quantitative estimate of drug-likeness (QED) is 0.419. The van der Waals surface area contributed by atoms with Crippen molar-refractivity contribution >= 4 is 47.2 Å². The van der Waals surface area contributed by atoms with E-state index >= 15 is 0 Å². The predicted octanol–water partition coefficient (Wildman–Crippen LogP) is 2.34. The van der Waals surface area contributed by atoms with Gasteiger partial charge in [-0.2, -0.15) is 0 Å². The molecule has 0 aliphatic carbocycles. The zero-order chi connectivity index (χ0) is 16.1. The molecule has 128 valence electrons. The van der Waals surface area contributed by atoms with Gasteiger partial charge in [-0.15, -0.1) is 35.3 Å². The van der Waals surface area contributed by atoms with Crippen LogP contribution in [0.2, 0.25) is 0 Å². The van der Waals surface area contributed by atoms with E-state index in [0.717, 1.165) is 24.1 Å². The SMILES string of the molecule is CN=C(NCc1ccc(C)s1)NCc1cnc(N(C)C)n1C.I. The first-order valence-corrected chi connectivity index (χ1v) is 8.00. The van der Waals surface area contributed by atoms with Gasteiger partial charge in [0.2, 0.25) is 5.95 Å². The second kappa shape index (κ2) is 9.11. The largest absolute Gasteiger partial charge is 0.352 e. The summed E-state index contributed by atoms with van der Waals surface area (Å²) in [6.45, 7) is 3.58. The molecule has 0 saturated heterocycles. The van der Waals surface area contributed by atoms with Crippen LogP contribution in [0.25, 0.3) is 0 Å². The van der Waals surface area contributed by atoms with E-state index in [1.807, 2.05) is 32.2 Å². The number of aryl methyl sites for hydroxylation is 1. The maximum atomic E-state index is 4.41. The second-order valence-corrected chi connectivity index (χ2v) is 6.67. The number of guanidine groups is 1. The van der Waals surface area contributed by atoms with Crippen LogP contribution < -0.4 is 15.5 Å². The van der Waals surface area contributed by atoms with Crippen molar-refractivity contribution in [1.82, 2.24) is 20.2 Å². The molecule has 2 heterocycles. The van der Waals surface area contributed by atoms with Gasteiger partial charge in [0, 0.05) is 37.9 Å². The number of aromatic nitrogens is 2. The molecule has 0 unspecified atom stereocenters. The molecule has 0 radical (unpaired) electrons. The Labute approximate surface area is 159 Å². The van der Waals surface area contributed by atoms with Crippen LogP contribution in [0.4, 0.5) is 5.95 Å². The molecule has 2 rings (SSSR count). The van der Waals surface area contributed by atoms with Crippen LogP contribution in [0.3, 0.4) is 0 Å². The van der Waals surface area contributed by atoms with Crippen LogP contribution in [-0.2, 0) is 20.1 Å². The number of halogens is 1. The summed E-state index contributed by atoms with van der Waals surface area (Å²) in [4.78, 5) is 13.3. The van der Waals surface area contributed by atoms with Gasteiger partial charge in [0.05, 0.1) is 25.0 Å². The van der Waals surface area contributed by atoms with Gasteiger partial charge in [-0.3, -0.25) is 4.99 Å².